The van der Waals surface area contributed by atoms with Crippen LogP contribution >= 0.6 is 0 Å². The van der Waals surface area contributed by atoms with E-state index in [-0.39, 0.29) is 18.5 Å². The van der Waals surface area contributed by atoms with Gasteiger partial charge in [-0.05, 0) is 23.3 Å². The molecule has 2 heterocycles. The number of aromatic amines is 2. The minimum absolute atomic E-state index is 0.110. The summed E-state index contributed by atoms with van der Waals surface area (Å²) in [6.07, 6.45) is 0.230. The van der Waals surface area contributed by atoms with E-state index in [1.165, 1.54) is 18.3 Å². The smallest absolute Gasteiger partial charge is 0.332 e. The number of hydrogen-bond donors (Lipinski definition) is 6. The van der Waals surface area contributed by atoms with E-state index in [1.807, 2.05) is 24.3 Å². The van der Waals surface area contributed by atoms with Gasteiger partial charge < -0.3 is 30.4 Å². The van der Waals surface area contributed by atoms with Crippen LogP contribution in [-0.2, 0) is 22.4 Å². The van der Waals surface area contributed by atoms with Gasteiger partial charge >= 0.3 is 11.9 Å². The summed E-state index contributed by atoms with van der Waals surface area (Å²) in [6, 6.07) is 12.1. The van der Waals surface area contributed by atoms with Crippen LogP contribution in [0.1, 0.15) is 11.1 Å². The van der Waals surface area contributed by atoms with E-state index >= 15 is 0 Å². The first-order valence-corrected chi connectivity index (χ1v) is 9.79. The molecule has 11 nitrogen and oxygen atoms in total. The molecule has 4 rings (SSSR count). The summed E-state index contributed by atoms with van der Waals surface area (Å²) in [5.74, 6) is -2.55. The average molecular weight is 455 g/mol. The molecule has 0 amide bonds. The number of rotatable bonds is 7. The fourth-order valence-electron chi connectivity index (χ4n) is 3.44. The maximum Gasteiger partial charge on any atom is 0.332 e. The third-order valence-electron chi connectivity index (χ3n) is 5.03. The number of carboxylic acid groups (broad SMARTS) is 2. The van der Waals surface area contributed by atoms with Crippen LogP contribution in [0.5, 0.6) is 0 Å². The molecule has 4 aromatic rings. The number of fused-ring (bicyclic) bond motifs is 2. The van der Waals surface area contributed by atoms with Crippen molar-refractivity contribution in [2.45, 2.75) is 25.0 Å². The van der Waals surface area contributed by atoms with Gasteiger partial charge in [-0.2, -0.15) is 0 Å². The van der Waals surface area contributed by atoms with Gasteiger partial charge in [0.15, 0.2) is 12.2 Å². The number of hydrogen-bond acceptors (Lipinski definition) is 6. The van der Waals surface area contributed by atoms with E-state index in [4.69, 9.17) is 10.2 Å². The van der Waals surface area contributed by atoms with Crippen LogP contribution in [0.4, 0.5) is 5.69 Å². The van der Waals surface area contributed by atoms with E-state index < -0.39 is 29.1 Å². The first-order chi connectivity index (χ1) is 15.7. The van der Waals surface area contributed by atoms with Crippen LogP contribution in [0.2, 0.25) is 0 Å². The van der Waals surface area contributed by atoms with Gasteiger partial charge in [0.1, 0.15) is 0 Å². The molecule has 2 aromatic carbocycles. The molecule has 6 N–H and O–H groups in total. The van der Waals surface area contributed by atoms with E-state index in [0.717, 1.165) is 16.5 Å². The molecule has 0 aliphatic carbocycles. The van der Waals surface area contributed by atoms with Crippen molar-refractivity contribution < 1.29 is 34.9 Å². The predicted molar refractivity (Wildman–Crippen MR) is 118 cm³/mol. The van der Waals surface area contributed by atoms with Crippen molar-refractivity contribution in [3.63, 3.8) is 0 Å². The van der Waals surface area contributed by atoms with Crippen molar-refractivity contribution >= 4 is 39.4 Å². The Morgan fingerprint density at radius 1 is 0.848 bits per heavy atom. The number of non-ortho nitro benzene ring substituents is 1. The fraction of sp³-hybridized carbons (Fsp3) is 0.182. The Labute approximate surface area is 186 Å². The molecule has 2 unspecified atom stereocenters. The van der Waals surface area contributed by atoms with Crippen molar-refractivity contribution in [2.24, 2.45) is 0 Å². The summed E-state index contributed by atoms with van der Waals surface area (Å²) in [7, 11) is 0. The van der Waals surface area contributed by atoms with Crippen LogP contribution in [0.3, 0.4) is 0 Å². The number of nitrogens with zero attached hydrogens (tertiary/aromatic N) is 1. The standard InChI is InChI=1S/C11H10N2O5.C11H11NO3/c14-9(11(15)16)4-6-5-12-7-2-1-3-8(10(6)7)13(17)18;13-10(11(14)15)5-7-6-12-9-4-2-1-3-8(7)9/h1-3,5,9,12,14H,4H2,(H,15,16);1-4,6,10,12-13H,5H2,(H,14,15). The largest absolute Gasteiger partial charge is 0.479 e. The third kappa shape index (κ3) is 5.34. The maximum atomic E-state index is 10.9. The molecular weight excluding hydrogens is 434 g/mol. The minimum Gasteiger partial charge on any atom is -0.479 e. The number of aromatic nitrogens is 2. The number of aliphatic hydroxyl groups is 2. The lowest BCUT2D eigenvalue weighted by atomic mass is 10.1. The molecule has 2 aromatic heterocycles. The van der Waals surface area contributed by atoms with Crippen molar-refractivity contribution in [1.29, 1.82) is 0 Å². The lowest BCUT2D eigenvalue weighted by molar-refractivity contribution is -0.383. The number of aliphatic carboxylic acids is 2. The molecule has 33 heavy (non-hydrogen) atoms. The second-order valence-corrected chi connectivity index (χ2v) is 7.25. The Morgan fingerprint density at radius 3 is 2.03 bits per heavy atom. The summed E-state index contributed by atoms with van der Waals surface area (Å²) in [4.78, 5) is 37.3. The highest BCUT2D eigenvalue weighted by atomic mass is 16.6. The highest BCUT2D eigenvalue weighted by Crippen LogP contribution is 2.29. The number of H-pyrrole nitrogens is 2. The molecule has 0 bridgehead atoms. The zero-order valence-corrected chi connectivity index (χ0v) is 17.1. The first-order valence-electron chi connectivity index (χ1n) is 9.79. The summed E-state index contributed by atoms with van der Waals surface area (Å²) >= 11 is 0. The number of nitro benzene ring substituents is 1. The Bertz CT molecular complexity index is 1310. The molecule has 0 radical (unpaired) electrons. The van der Waals surface area contributed by atoms with Crippen molar-refractivity contribution in [1.82, 2.24) is 9.97 Å². The van der Waals surface area contributed by atoms with Gasteiger partial charge in [0.25, 0.3) is 5.69 Å². The van der Waals surface area contributed by atoms with Crippen molar-refractivity contribution in [2.75, 3.05) is 0 Å². The lowest BCUT2D eigenvalue weighted by Gasteiger charge is -2.04. The molecular formula is C22H21N3O8. The van der Waals surface area contributed by atoms with Crippen LogP contribution in [0.25, 0.3) is 21.8 Å². The second-order valence-electron chi connectivity index (χ2n) is 7.25. The Morgan fingerprint density at radius 2 is 1.39 bits per heavy atom. The molecule has 0 fully saturated rings. The minimum atomic E-state index is -1.58. The maximum absolute atomic E-state index is 10.9. The topological polar surface area (TPSA) is 190 Å². The van der Waals surface area contributed by atoms with Crippen molar-refractivity contribution in [3.8, 4) is 0 Å². The highest BCUT2D eigenvalue weighted by molar-refractivity contribution is 5.92. The molecule has 0 aliphatic rings. The van der Waals surface area contributed by atoms with Crippen LogP contribution in [0, 0.1) is 10.1 Å². The molecule has 11 heteroatoms. The predicted octanol–water partition coefficient (Wildman–Crippen LogP) is 2.22. The van der Waals surface area contributed by atoms with E-state index in [1.54, 1.807) is 12.3 Å². The molecule has 0 saturated heterocycles. The summed E-state index contributed by atoms with van der Waals surface area (Å²) < 4.78 is 0. The van der Waals surface area contributed by atoms with E-state index in [9.17, 15) is 29.9 Å². The first kappa shape index (κ1) is 23.4. The van der Waals surface area contributed by atoms with Gasteiger partial charge in [-0.3, -0.25) is 10.1 Å². The van der Waals surface area contributed by atoms with Gasteiger partial charge in [0.05, 0.1) is 15.8 Å². The van der Waals surface area contributed by atoms with Gasteiger partial charge in [0.2, 0.25) is 0 Å². The van der Waals surface area contributed by atoms with Crippen LogP contribution in [0.15, 0.2) is 54.9 Å². The number of nitro groups is 1. The SMILES string of the molecule is O=C(O)C(O)Cc1c[nH]c2cccc([N+](=O)[O-])c12.O=C(O)C(O)Cc1c[nH]c2ccccc12. The molecule has 0 aliphatic heterocycles. The molecule has 2 atom stereocenters. The second kappa shape index (κ2) is 9.94. The Balaban J connectivity index is 0.000000189. The Kier molecular flexibility index (Phi) is 7.06. The van der Waals surface area contributed by atoms with E-state index in [2.05, 4.69) is 9.97 Å². The van der Waals surface area contributed by atoms with Crippen molar-refractivity contribution in [3.05, 3.63) is 76.1 Å². The molecule has 0 saturated carbocycles. The van der Waals surface area contributed by atoms with E-state index in [0.29, 0.717) is 16.5 Å². The summed E-state index contributed by atoms with van der Waals surface area (Å²) in [6.45, 7) is 0. The third-order valence-corrected chi connectivity index (χ3v) is 5.03. The molecule has 0 spiro atoms. The summed E-state index contributed by atoms with van der Waals surface area (Å²) in [5, 5.41) is 48.0. The molecule has 172 valence electrons. The fourth-order valence-corrected chi connectivity index (χ4v) is 3.44. The summed E-state index contributed by atoms with van der Waals surface area (Å²) in [5.41, 5.74) is 2.61. The number of aliphatic hydroxyl groups excluding tert-OH is 2. The number of carboxylic acids is 2. The van der Waals surface area contributed by atoms with Crippen LogP contribution in [-0.4, -0.2) is 59.5 Å². The lowest BCUT2D eigenvalue weighted by Crippen LogP contribution is -2.21. The monoisotopic (exact) mass is 455 g/mol. The quantitative estimate of drug-likeness (QED) is 0.180. The Hall–Kier alpha value is -4.22. The zero-order chi connectivity index (χ0) is 24.1. The number of nitrogens with one attached hydrogen (secondary N) is 2. The van der Waals surface area contributed by atoms with Gasteiger partial charge in [0, 0.05) is 42.2 Å². The van der Waals surface area contributed by atoms with Gasteiger partial charge in [-0.25, -0.2) is 9.59 Å². The van der Waals surface area contributed by atoms with Crippen LogP contribution < -0.4 is 0 Å². The number of para-hydroxylation sites is 1. The normalized spacial score (nSPS) is 12.7. The number of benzene rings is 2. The highest BCUT2D eigenvalue weighted by Gasteiger charge is 2.21. The average Bonchev–Trinajstić information content (AvgIpc) is 3.38. The zero-order valence-electron chi connectivity index (χ0n) is 17.1. The van der Waals surface area contributed by atoms with Gasteiger partial charge in [-0.1, -0.05) is 24.3 Å². The number of carbonyl (C=O) groups is 2. The van der Waals surface area contributed by atoms with Gasteiger partial charge in [-0.15, -0.1) is 0 Å².